The molecule has 3 aromatic carbocycles. The van der Waals surface area contributed by atoms with Crippen molar-refractivity contribution in [3.63, 3.8) is 0 Å². The van der Waals surface area contributed by atoms with Crippen LogP contribution in [-0.4, -0.2) is 47.1 Å². The van der Waals surface area contributed by atoms with Crippen molar-refractivity contribution in [3.8, 4) is 11.5 Å². The van der Waals surface area contributed by atoms with Crippen molar-refractivity contribution in [1.29, 1.82) is 0 Å². The van der Waals surface area contributed by atoms with E-state index in [9.17, 15) is 23.2 Å². The fourth-order valence-electron chi connectivity index (χ4n) is 7.25. The number of nitrogens with zero attached hydrogens (tertiary/aromatic N) is 1. The smallest absolute Gasteiger partial charge is 0.748 e. The molecule has 1 saturated heterocycles. The molecule has 6 bridgehead atoms. The predicted molar refractivity (Wildman–Crippen MR) is 168 cm³/mol. The normalized spacial score (nSPS) is 27.4. The second-order valence-electron chi connectivity index (χ2n) is 12.2. The number of aliphatic hydroxyl groups is 1. The number of aliphatic imine (C=N–C) groups is 1. The molecule has 0 unspecified atom stereocenters. The number of phenolic OH excluding ortho intramolecular Hbond substituents is 1. The molecular formula is C34H38N3NaO7S. The van der Waals surface area contributed by atoms with Gasteiger partial charge in [0.15, 0.2) is 5.96 Å². The fourth-order valence-corrected chi connectivity index (χ4v) is 8.29. The van der Waals surface area contributed by atoms with Gasteiger partial charge in [-0.25, -0.2) is 13.4 Å². The summed E-state index contributed by atoms with van der Waals surface area (Å²) in [7, 11) is -4.73. The summed E-state index contributed by atoms with van der Waals surface area (Å²) in [6.45, 7) is -0.0656. The Labute approximate surface area is 291 Å². The third-order valence-electron chi connectivity index (χ3n) is 9.27. The number of fused-ring (bicyclic) bond motifs is 2. The summed E-state index contributed by atoms with van der Waals surface area (Å²) in [5.74, 6) is -0.462. The minimum atomic E-state index is -4.73. The molecule has 0 aromatic heterocycles. The van der Waals surface area contributed by atoms with E-state index >= 15 is 0 Å². The summed E-state index contributed by atoms with van der Waals surface area (Å²) < 4.78 is 52.1. The number of hydrogen-bond donors (Lipinski definition) is 4. The van der Waals surface area contributed by atoms with Crippen molar-refractivity contribution in [1.82, 2.24) is 0 Å². The Morgan fingerprint density at radius 2 is 1.61 bits per heavy atom. The Hall–Kier alpha value is -2.90. The monoisotopic (exact) mass is 655 g/mol. The largest absolute Gasteiger partial charge is 1.00 e. The minimum absolute atomic E-state index is 0. The molecule has 0 radical (unpaired) electrons. The van der Waals surface area contributed by atoms with Gasteiger partial charge in [-0.15, -0.1) is 0 Å². The average molecular weight is 656 g/mol. The van der Waals surface area contributed by atoms with Crippen LogP contribution < -0.4 is 45.8 Å². The van der Waals surface area contributed by atoms with Gasteiger partial charge in [0.25, 0.3) is 0 Å². The first-order chi connectivity index (χ1) is 21.6. The number of aliphatic hydroxyl groups excluding tert-OH is 1. The fraction of sp³-hybridized carbons (Fsp3) is 0.382. The van der Waals surface area contributed by atoms with Crippen LogP contribution in [0.3, 0.4) is 0 Å². The maximum absolute atomic E-state index is 13.1. The van der Waals surface area contributed by atoms with Gasteiger partial charge < -0.3 is 35.7 Å². The number of hydrogen-bond acceptors (Lipinski definition) is 8. The first kappa shape index (κ1) is 34.4. The van der Waals surface area contributed by atoms with Gasteiger partial charge in [0.05, 0.1) is 21.5 Å². The molecule has 1 fully saturated rings. The Kier molecular flexibility index (Phi) is 10.8. The summed E-state index contributed by atoms with van der Waals surface area (Å²) in [6.07, 6.45) is 2.48. The standard InChI is InChI=1S/C34H39N3O7S.Na/c35-34(36)37-33-23-6-4-21(5-7-23)31-24-17-25(32(43-28(18-24)15-16-38)22-8-10-26(39)11-9-22)19-29(31)30(45(40,41)42)14-3-20-1-12-27(44-33)13-2-20;/h1-2,4-13,19,24,28-33,38-39H,3,14-18H2,(H4,35,36,37)(H,40,41,42);/q;+1/p-1/t24-,28+,29+,30+,31+,32-,33+;/m0./s1. The molecule has 1 aliphatic carbocycles. The van der Waals surface area contributed by atoms with Crippen molar-refractivity contribution in [2.75, 3.05) is 6.61 Å². The van der Waals surface area contributed by atoms with Gasteiger partial charge in [-0.2, -0.15) is 0 Å². The van der Waals surface area contributed by atoms with Crippen molar-refractivity contribution < 1.29 is 62.2 Å². The molecule has 6 N–H and O–H groups in total. The topological polar surface area (TPSA) is 181 Å². The number of benzene rings is 3. The van der Waals surface area contributed by atoms with E-state index in [2.05, 4.69) is 4.99 Å². The molecule has 7 atom stereocenters. The third-order valence-corrected chi connectivity index (χ3v) is 10.6. The zero-order valence-electron chi connectivity index (χ0n) is 25.7. The number of allylic oxidation sites excluding steroid dienone is 1. The summed E-state index contributed by atoms with van der Waals surface area (Å²) in [5, 5.41) is 18.7. The Morgan fingerprint density at radius 1 is 0.957 bits per heavy atom. The maximum Gasteiger partial charge on any atom is 1.00 e. The molecule has 9 rings (SSSR count). The average Bonchev–Trinajstić information content (AvgIpc) is 3.14. The van der Waals surface area contributed by atoms with Crippen LogP contribution in [-0.2, 0) is 21.3 Å². The third kappa shape index (κ3) is 7.62. The molecule has 5 heterocycles. The molecule has 0 spiro atoms. The van der Waals surface area contributed by atoms with Gasteiger partial charge in [-0.05, 0) is 96.4 Å². The van der Waals surface area contributed by atoms with E-state index in [1.54, 1.807) is 36.4 Å². The van der Waals surface area contributed by atoms with Gasteiger partial charge in [-0.3, -0.25) is 0 Å². The van der Waals surface area contributed by atoms with Crippen LogP contribution in [0, 0.1) is 11.8 Å². The first-order valence-corrected chi connectivity index (χ1v) is 16.7. The molecule has 3 aromatic rings. The number of guanidine groups is 1. The quantitative estimate of drug-likeness (QED) is 0.103. The molecule has 10 nitrogen and oxygen atoms in total. The maximum atomic E-state index is 13.1. The van der Waals surface area contributed by atoms with Crippen molar-refractivity contribution in [2.24, 2.45) is 28.3 Å². The molecule has 46 heavy (non-hydrogen) atoms. The Morgan fingerprint density at radius 3 is 2.24 bits per heavy atom. The van der Waals surface area contributed by atoms with Crippen molar-refractivity contribution in [2.45, 2.75) is 61.7 Å². The van der Waals surface area contributed by atoms with Crippen LogP contribution in [0.5, 0.6) is 11.5 Å². The van der Waals surface area contributed by atoms with Gasteiger partial charge in [0.2, 0.25) is 6.23 Å². The minimum Gasteiger partial charge on any atom is -0.748 e. The zero-order chi connectivity index (χ0) is 31.7. The SMILES string of the molecule is NC(N)=N[C@@H]1Oc2ccc(cc2)CC[C@@H](S(=O)(=O)[O-])[C@H]2C=C3C[C@@H](C[C@@H](CCO)O[C@H]3c3ccc(O)cc3)[C@H]2c2ccc1cc2.[Na+]. The summed E-state index contributed by atoms with van der Waals surface area (Å²) >= 11 is 0. The number of aryl methyl sites for hydroxylation is 1. The molecule has 238 valence electrons. The van der Waals surface area contributed by atoms with E-state index in [0.717, 1.165) is 22.3 Å². The van der Waals surface area contributed by atoms with E-state index in [1.165, 1.54) is 0 Å². The van der Waals surface area contributed by atoms with Crippen LogP contribution in [0.25, 0.3) is 0 Å². The number of phenols is 1. The van der Waals surface area contributed by atoms with Crippen molar-refractivity contribution >= 4 is 16.1 Å². The van der Waals surface area contributed by atoms with Gasteiger partial charge in [-0.1, -0.05) is 54.6 Å². The molecular weight excluding hydrogens is 617 g/mol. The molecule has 6 aliphatic rings. The van der Waals surface area contributed by atoms with E-state index in [0.29, 0.717) is 37.0 Å². The summed E-state index contributed by atoms with van der Waals surface area (Å²) in [5.41, 5.74) is 15.7. The van der Waals surface area contributed by atoms with Crippen LogP contribution in [0.4, 0.5) is 0 Å². The first-order valence-electron chi connectivity index (χ1n) is 15.2. The van der Waals surface area contributed by atoms with Crippen LogP contribution >= 0.6 is 0 Å². The van der Waals surface area contributed by atoms with Crippen LogP contribution in [0.2, 0.25) is 0 Å². The van der Waals surface area contributed by atoms with E-state index in [4.69, 9.17) is 20.9 Å². The van der Waals surface area contributed by atoms with Gasteiger partial charge in [0, 0.05) is 12.2 Å². The molecule has 5 aliphatic heterocycles. The van der Waals surface area contributed by atoms with Gasteiger partial charge >= 0.3 is 29.6 Å². The number of nitrogens with two attached hydrogens (primary N) is 2. The summed E-state index contributed by atoms with van der Waals surface area (Å²) in [4.78, 5) is 4.30. The van der Waals surface area contributed by atoms with Crippen LogP contribution in [0.15, 0.2) is 89.4 Å². The van der Waals surface area contributed by atoms with E-state index in [-0.39, 0.29) is 72.2 Å². The zero-order valence-corrected chi connectivity index (χ0v) is 28.6. The second-order valence-corrected chi connectivity index (χ2v) is 13.8. The molecule has 12 heteroatoms. The summed E-state index contributed by atoms with van der Waals surface area (Å²) in [6, 6.07) is 21.6. The van der Waals surface area contributed by atoms with E-state index in [1.807, 2.05) is 42.5 Å². The Bertz CT molecular complexity index is 1660. The van der Waals surface area contributed by atoms with Gasteiger partial charge in [0.1, 0.15) is 17.6 Å². The number of rotatable bonds is 5. The number of ether oxygens (including phenoxy) is 2. The molecule has 0 saturated carbocycles. The van der Waals surface area contributed by atoms with E-state index < -0.39 is 33.6 Å². The Balaban J connectivity index is 0.00000417. The second kappa shape index (κ2) is 14.5. The number of aromatic hydroxyl groups is 1. The predicted octanol–water partition coefficient (Wildman–Crippen LogP) is 1.17. The van der Waals surface area contributed by atoms with Crippen LogP contribution in [0.1, 0.15) is 66.2 Å². The van der Waals surface area contributed by atoms with Crippen molar-refractivity contribution in [3.05, 3.63) is 107 Å². The molecule has 0 amide bonds.